The predicted molar refractivity (Wildman–Crippen MR) is 146 cm³/mol. The molecule has 3 rings (SSSR count). The minimum absolute atomic E-state index is 0.0149. The highest BCUT2D eigenvalue weighted by Gasteiger charge is 2.27. The summed E-state index contributed by atoms with van der Waals surface area (Å²) >= 11 is 0. The van der Waals surface area contributed by atoms with Crippen LogP contribution in [0.2, 0.25) is 0 Å². The van der Waals surface area contributed by atoms with Gasteiger partial charge < -0.3 is 15.8 Å². The summed E-state index contributed by atoms with van der Waals surface area (Å²) in [4.78, 5) is 12.0. The summed E-state index contributed by atoms with van der Waals surface area (Å²) in [7, 11) is -2.64. The molecule has 37 heavy (non-hydrogen) atoms. The van der Waals surface area contributed by atoms with E-state index in [4.69, 9.17) is 15.9 Å². The third-order valence-corrected chi connectivity index (χ3v) is 7.52. The van der Waals surface area contributed by atoms with E-state index < -0.39 is 16.0 Å². The van der Waals surface area contributed by atoms with E-state index >= 15 is 0 Å². The maximum Gasteiger partial charge on any atom is 0.307 e. The molecule has 3 aromatic carbocycles. The van der Waals surface area contributed by atoms with Gasteiger partial charge in [0.05, 0.1) is 30.7 Å². The average Bonchev–Trinajstić information content (AvgIpc) is 2.89. The van der Waals surface area contributed by atoms with Crippen molar-refractivity contribution in [1.82, 2.24) is 0 Å². The van der Waals surface area contributed by atoms with Crippen LogP contribution in [-0.4, -0.2) is 40.4 Å². The van der Waals surface area contributed by atoms with E-state index in [2.05, 4.69) is 17.2 Å². The van der Waals surface area contributed by atoms with Crippen molar-refractivity contribution in [3.63, 3.8) is 0 Å². The molecule has 0 heterocycles. The molecule has 0 aliphatic carbocycles. The molecule has 0 aromatic heterocycles. The molecule has 0 unspecified atom stereocenters. The Kier molecular flexibility index (Phi) is 8.93. The number of nitrogens with zero attached hydrogens (tertiary/aromatic N) is 1. The number of aryl methyl sites for hydroxylation is 2. The molecule has 0 atom stereocenters. The van der Waals surface area contributed by atoms with Gasteiger partial charge in [0.25, 0.3) is 10.0 Å². The van der Waals surface area contributed by atoms with Gasteiger partial charge in [-0.15, -0.1) is 0 Å². The lowest BCUT2D eigenvalue weighted by Gasteiger charge is -2.26. The van der Waals surface area contributed by atoms with Crippen LogP contribution in [0.25, 0.3) is 0 Å². The van der Waals surface area contributed by atoms with Crippen LogP contribution in [0.15, 0.2) is 71.6 Å². The van der Waals surface area contributed by atoms with E-state index in [9.17, 15) is 13.2 Å². The molecule has 0 aliphatic rings. The largest absolute Gasteiger partial charge is 0.469 e. The lowest BCUT2D eigenvalue weighted by atomic mass is 10.0. The van der Waals surface area contributed by atoms with Crippen LogP contribution in [0.4, 0.5) is 11.4 Å². The predicted octanol–water partition coefficient (Wildman–Crippen LogP) is 3.81. The Bertz CT molecular complexity index is 1440. The Balaban J connectivity index is 1.85. The number of rotatable bonds is 9. The number of nitrogens with two attached hydrogens (primary N) is 1. The van der Waals surface area contributed by atoms with Crippen molar-refractivity contribution >= 4 is 33.2 Å². The zero-order chi connectivity index (χ0) is 27.0. The fourth-order valence-corrected chi connectivity index (χ4v) is 5.19. The Morgan fingerprint density at radius 1 is 1.05 bits per heavy atom. The number of hydrogen-bond acceptors (Lipinski definition) is 6. The second-order valence-electron chi connectivity index (χ2n) is 8.32. The number of ether oxygens (including phenoxy) is 1. The SMILES string of the molecule is COC(=O)CCN(c1cc(C)c(C#CCNc2ccc(C(=N)N)cc2)cc1C)S(=O)(=O)c1ccccc1. The van der Waals surface area contributed by atoms with Crippen molar-refractivity contribution in [2.24, 2.45) is 5.73 Å². The summed E-state index contributed by atoms with van der Waals surface area (Å²) < 4.78 is 33.0. The van der Waals surface area contributed by atoms with E-state index in [1.54, 1.807) is 36.4 Å². The van der Waals surface area contributed by atoms with E-state index in [-0.39, 0.29) is 23.7 Å². The van der Waals surface area contributed by atoms with Gasteiger partial charge in [-0.1, -0.05) is 30.0 Å². The summed E-state index contributed by atoms with van der Waals surface area (Å²) in [6.07, 6.45) is -0.0817. The van der Waals surface area contributed by atoms with Crippen molar-refractivity contribution in [2.45, 2.75) is 25.2 Å². The summed E-state index contributed by atoms with van der Waals surface area (Å²) in [5.74, 6) is 5.75. The summed E-state index contributed by atoms with van der Waals surface area (Å²) in [5.41, 5.74) is 9.77. The number of sulfonamides is 1. The smallest absolute Gasteiger partial charge is 0.307 e. The average molecular weight is 519 g/mol. The van der Waals surface area contributed by atoms with Gasteiger partial charge in [-0.05, 0) is 73.5 Å². The van der Waals surface area contributed by atoms with Crippen LogP contribution in [0.3, 0.4) is 0 Å². The normalized spacial score (nSPS) is 10.7. The lowest BCUT2D eigenvalue weighted by Crippen LogP contribution is -2.34. The van der Waals surface area contributed by atoms with Crippen LogP contribution in [0.1, 0.15) is 28.7 Å². The standard InChI is InChI=1S/C28H30N4O4S/c1-20-19-26(32(17-15-27(33)36-3)37(34,35)25-9-5-4-6-10-25)21(2)18-23(20)8-7-16-31-24-13-11-22(12-14-24)28(29)30/h4-6,9-14,18-19,31H,15-17H2,1-3H3,(H3,29,30). The molecule has 0 spiro atoms. The van der Waals surface area contributed by atoms with Gasteiger partial charge in [-0.3, -0.25) is 14.5 Å². The van der Waals surface area contributed by atoms with Crippen molar-refractivity contribution in [1.29, 1.82) is 5.41 Å². The van der Waals surface area contributed by atoms with Crippen LogP contribution >= 0.6 is 0 Å². The first-order valence-corrected chi connectivity index (χ1v) is 13.0. The molecule has 0 radical (unpaired) electrons. The van der Waals surface area contributed by atoms with E-state index in [0.717, 1.165) is 16.8 Å². The molecule has 8 nitrogen and oxygen atoms in total. The quantitative estimate of drug-likeness (QED) is 0.171. The number of hydrogen-bond donors (Lipinski definition) is 3. The number of amidine groups is 1. The molecule has 4 N–H and O–H groups in total. The molecule has 9 heteroatoms. The Labute approximate surface area is 218 Å². The van der Waals surface area contributed by atoms with Crippen molar-refractivity contribution in [2.75, 3.05) is 29.8 Å². The molecule has 0 amide bonds. The van der Waals surface area contributed by atoms with Crippen molar-refractivity contribution in [3.05, 3.63) is 89.0 Å². The lowest BCUT2D eigenvalue weighted by molar-refractivity contribution is -0.140. The molecule has 192 valence electrons. The minimum Gasteiger partial charge on any atom is -0.469 e. The first-order valence-electron chi connectivity index (χ1n) is 11.6. The van der Waals surface area contributed by atoms with Gasteiger partial charge in [0.1, 0.15) is 5.84 Å². The fourth-order valence-electron chi connectivity index (χ4n) is 3.64. The second-order valence-corrected chi connectivity index (χ2v) is 10.2. The third kappa shape index (κ3) is 6.90. The number of carbonyl (C=O) groups excluding carboxylic acids is 1. The van der Waals surface area contributed by atoms with Crippen LogP contribution in [0.5, 0.6) is 0 Å². The van der Waals surface area contributed by atoms with E-state index in [1.807, 2.05) is 32.0 Å². The van der Waals surface area contributed by atoms with Gasteiger partial charge in [0.2, 0.25) is 0 Å². The molecule has 3 aromatic rings. The first kappa shape index (κ1) is 27.3. The highest BCUT2D eigenvalue weighted by atomic mass is 32.2. The molecule has 0 fully saturated rings. The Morgan fingerprint density at radius 2 is 1.73 bits per heavy atom. The van der Waals surface area contributed by atoms with Crippen LogP contribution < -0.4 is 15.4 Å². The zero-order valence-corrected chi connectivity index (χ0v) is 21.9. The van der Waals surface area contributed by atoms with Crippen LogP contribution in [0, 0.1) is 31.1 Å². The summed E-state index contributed by atoms with van der Waals surface area (Å²) in [6, 6.07) is 19.0. The number of esters is 1. The van der Waals surface area contributed by atoms with Crippen molar-refractivity contribution < 1.29 is 17.9 Å². The Morgan fingerprint density at radius 3 is 2.35 bits per heavy atom. The number of nitrogen functional groups attached to an aromatic ring is 1. The Hall–Kier alpha value is -4.29. The molecular weight excluding hydrogens is 488 g/mol. The minimum atomic E-state index is -3.91. The van der Waals surface area contributed by atoms with Crippen molar-refractivity contribution in [3.8, 4) is 11.8 Å². The molecular formula is C28H30N4O4S. The topological polar surface area (TPSA) is 126 Å². The summed E-state index contributed by atoms with van der Waals surface area (Å²) in [6.45, 7) is 4.03. The zero-order valence-electron chi connectivity index (χ0n) is 21.0. The number of methoxy groups -OCH3 is 1. The highest BCUT2D eigenvalue weighted by Crippen LogP contribution is 2.29. The highest BCUT2D eigenvalue weighted by molar-refractivity contribution is 7.92. The molecule has 0 aliphatic heterocycles. The number of anilines is 2. The maximum absolute atomic E-state index is 13.5. The van der Waals surface area contributed by atoms with Gasteiger partial charge in [-0.25, -0.2) is 8.42 Å². The van der Waals surface area contributed by atoms with Gasteiger partial charge in [0, 0.05) is 23.4 Å². The number of benzene rings is 3. The maximum atomic E-state index is 13.5. The van der Waals surface area contributed by atoms with Gasteiger partial charge in [0.15, 0.2) is 0 Å². The van der Waals surface area contributed by atoms with Crippen LogP contribution in [-0.2, 0) is 19.6 Å². The van der Waals surface area contributed by atoms with Gasteiger partial charge in [-0.2, -0.15) is 0 Å². The number of carbonyl (C=O) groups is 1. The molecule has 0 saturated carbocycles. The third-order valence-electron chi connectivity index (χ3n) is 5.69. The van der Waals surface area contributed by atoms with Gasteiger partial charge >= 0.3 is 5.97 Å². The number of nitrogens with one attached hydrogen (secondary N) is 2. The second kappa shape index (κ2) is 12.1. The van der Waals surface area contributed by atoms with E-state index in [0.29, 0.717) is 23.4 Å². The van der Waals surface area contributed by atoms with E-state index in [1.165, 1.54) is 23.5 Å². The fraction of sp³-hybridized carbons (Fsp3) is 0.214. The summed E-state index contributed by atoms with van der Waals surface area (Å²) in [5, 5.41) is 10.7. The monoisotopic (exact) mass is 518 g/mol. The first-order chi connectivity index (χ1) is 17.6. The molecule has 0 saturated heterocycles. The molecule has 0 bridgehead atoms.